The first-order chi connectivity index (χ1) is 9.51. The van der Waals surface area contributed by atoms with Crippen LogP contribution in [0.5, 0.6) is 0 Å². The third kappa shape index (κ3) is 3.57. The average molecular weight is 450 g/mol. The highest BCUT2D eigenvalue weighted by Gasteiger charge is 2.17. The molecule has 0 saturated carbocycles. The molecular formula is C13H13BrIN3O2. The van der Waals surface area contributed by atoms with Crippen molar-refractivity contribution in [2.75, 3.05) is 7.05 Å². The average Bonchev–Trinajstić information content (AvgIpc) is 2.88. The molecule has 0 atom stereocenters. The molecular weight excluding hydrogens is 437 g/mol. The second-order valence-corrected chi connectivity index (χ2v) is 6.32. The number of aryl methyl sites for hydroxylation is 1. The van der Waals surface area contributed by atoms with Gasteiger partial charge in [0.1, 0.15) is 0 Å². The van der Waals surface area contributed by atoms with Crippen molar-refractivity contribution in [3.8, 4) is 0 Å². The van der Waals surface area contributed by atoms with Crippen LogP contribution in [0.4, 0.5) is 0 Å². The van der Waals surface area contributed by atoms with Crippen LogP contribution >= 0.6 is 38.5 Å². The van der Waals surface area contributed by atoms with Gasteiger partial charge in [-0.05, 0) is 40.8 Å². The first kappa shape index (κ1) is 15.4. The quantitative estimate of drug-likeness (QED) is 0.672. The van der Waals surface area contributed by atoms with Gasteiger partial charge < -0.3 is 9.42 Å². The van der Waals surface area contributed by atoms with Gasteiger partial charge >= 0.3 is 0 Å². The SMILES string of the molecule is CCc1noc(CN(C)C(=O)c2cc(Br)ccc2I)n1. The van der Waals surface area contributed by atoms with E-state index in [9.17, 15) is 4.79 Å². The van der Waals surface area contributed by atoms with Crippen LogP contribution in [-0.2, 0) is 13.0 Å². The van der Waals surface area contributed by atoms with Gasteiger partial charge in [-0.25, -0.2) is 0 Å². The first-order valence-corrected chi connectivity index (χ1v) is 7.90. The smallest absolute Gasteiger partial charge is 0.255 e. The van der Waals surface area contributed by atoms with Crippen molar-refractivity contribution in [2.24, 2.45) is 0 Å². The number of carbonyl (C=O) groups excluding carboxylic acids is 1. The Balaban J connectivity index is 2.14. The summed E-state index contributed by atoms with van der Waals surface area (Å²) in [4.78, 5) is 18.2. The molecule has 0 aliphatic rings. The minimum absolute atomic E-state index is 0.0769. The second-order valence-electron chi connectivity index (χ2n) is 4.24. The lowest BCUT2D eigenvalue weighted by Gasteiger charge is -2.16. The highest BCUT2D eigenvalue weighted by atomic mass is 127. The molecule has 106 valence electrons. The molecule has 0 aliphatic carbocycles. The van der Waals surface area contributed by atoms with Crippen LogP contribution in [0.3, 0.4) is 0 Å². The molecule has 0 N–H and O–H groups in total. The first-order valence-electron chi connectivity index (χ1n) is 6.03. The number of benzene rings is 1. The molecule has 2 rings (SSSR count). The number of rotatable bonds is 4. The Morgan fingerprint density at radius 2 is 2.25 bits per heavy atom. The highest BCUT2D eigenvalue weighted by molar-refractivity contribution is 14.1. The number of carbonyl (C=O) groups is 1. The van der Waals surface area contributed by atoms with E-state index in [0.29, 0.717) is 30.2 Å². The Bertz CT molecular complexity index is 630. The molecule has 0 radical (unpaired) electrons. The lowest BCUT2D eigenvalue weighted by molar-refractivity contribution is 0.0768. The van der Waals surface area contributed by atoms with Gasteiger partial charge in [0.15, 0.2) is 5.82 Å². The summed E-state index contributed by atoms with van der Waals surface area (Å²) < 4.78 is 6.88. The van der Waals surface area contributed by atoms with Crippen molar-refractivity contribution in [3.05, 3.63) is 43.5 Å². The van der Waals surface area contributed by atoms with E-state index >= 15 is 0 Å². The molecule has 0 fully saturated rings. The minimum Gasteiger partial charge on any atom is -0.337 e. The van der Waals surface area contributed by atoms with Gasteiger partial charge in [-0.1, -0.05) is 28.0 Å². The zero-order valence-electron chi connectivity index (χ0n) is 11.1. The third-order valence-electron chi connectivity index (χ3n) is 2.70. The number of nitrogens with zero attached hydrogens (tertiary/aromatic N) is 3. The van der Waals surface area contributed by atoms with Crippen LogP contribution < -0.4 is 0 Å². The maximum absolute atomic E-state index is 12.4. The van der Waals surface area contributed by atoms with E-state index in [1.54, 1.807) is 11.9 Å². The fraction of sp³-hybridized carbons (Fsp3) is 0.308. The zero-order valence-corrected chi connectivity index (χ0v) is 14.8. The van der Waals surface area contributed by atoms with E-state index < -0.39 is 0 Å². The monoisotopic (exact) mass is 449 g/mol. The van der Waals surface area contributed by atoms with Crippen LogP contribution in [0.25, 0.3) is 0 Å². The van der Waals surface area contributed by atoms with E-state index in [1.165, 1.54) is 0 Å². The summed E-state index contributed by atoms with van der Waals surface area (Å²) >= 11 is 5.53. The molecule has 0 saturated heterocycles. The molecule has 1 aromatic carbocycles. The largest absolute Gasteiger partial charge is 0.337 e. The molecule has 0 aliphatic heterocycles. The van der Waals surface area contributed by atoms with Gasteiger partial charge in [-0.3, -0.25) is 4.79 Å². The predicted octanol–water partition coefficient (Wildman–Crippen LogP) is 3.27. The van der Waals surface area contributed by atoms with E-state index in [1.807, 2.05) is 25.1 Å². The van der Waals surface area contributed by atoms with Crippen molar-refractivity contribution in [2.45, 2.75) is 19.9 Å². The van der Waals surface area contributed by atoms with E-state index in [2.05, 4.69) is 48.7 Å². The zero-order chi connectivity index (χ0) is 14.7. The normalized spacial score (nSPS) is 10.6. The fourth-order valence-electron chi connectivity index (χ4n) is 1.64. The molecule has 0 unspecified atom stereocenters. The summed E-state index contributed by atoms with van der Waals surface area (Å²) in [6.07, 6.45) is 0.713. The van der Waals surface area contributed by atoms with Crippen molar-refractivity contribution in [1.29, 1.82) is 0 Å². The molecule has 1 heterocycles. The van der Waals surface area contributed by atoms with Gasteiger partial charge in [-0.2, -0.15) is 4.98 Å². The van der Waals surface area contributed by atoms with E-state index in [-0.39, 0.29) is 5.91 Å². The summed E-state index contributed by atoms with van der Waals surface area (Å²) in [5.41, 5.74) is 0.651. The van der Waals surface area contributed by atoms with Gasteiger partial charge in [0.05, 0.1) is 12.1 Å². The lowest BCUT2D eigenvalue weighted by atomic mass is 10.2. The van der Waals surface area contributed by atoms with Crippen LogP contribution in [0.2, 0.25) is 0 Å². The Morgan fingerprint density at radius 3 is 2.90 bits per heavy atom. The van der Waals surface area contributed by atoms with Gasteiger partial charge in [-0.15, -0.1) is 0 Å². The molecule has 7 heteroatoms. The van der Waals surface area contributed by atoms with Crippen LogP contribution in [0.15, 0.2) is 27.2 Å². The van der Waals surface area contributed by atoms with Crippen LogP contribution in [0, 0.1) is 3.57 Å². The minimum atomic E-state index is -0.0769. The Labute approximate surface area is 139 Å². The number of amides is 1. The summed E-state index contributed by atoms with van der Waals surface area (Å²) in [6.45, 7) is 2.25. The van der Waals surface area contributed by atoms with E-state index in [0.717, 1.165) is 8.04 Å². The van der Waals surface area contributed by atoms with Crippen LogP contribution in [-0.4, -0.2) is 28.0 Å². The second kappa shape index (κ2) is 6.66. The predicted molar refractivity (Wildman–Crippen MR) is 86.3 cm³/mol. The third-order valence-corrected chi connectivity index (χ3v) is 4.14. The Morgan fingerprint density at radius 1 is 1.50 bits per heavy atom. The van der Waals surface area contributed by atoms with Crippen molar-refractivity contribution >= 4 is 44.4 Å². The summed E-state index contributed by atoms with van der Waals surface area (Å²) in [5.74, 6) is 1.02. The summed E-state index contributed by atoms with van der Waals surface area (Å²) in [7, 11) is 1.72. The highest BCUT2D eigenvalue weighted by Crippen LogP contribution is 2.20. The molecule has 1 aromatic heterocycles. The number of halogens is 2. The van der Waals surface area contributed by atoms with Gasteiger partial charge in [0.2, 0.25) is 5.89 Å². The molecule has 20 heavy (non-hydrogen) atoms. The molecule has 1 amide bonds. The molecule has 0 bridgehead atoms. The molecule has 2 aromatic rings. The Hall–Kier alpha value is -0.960. The van der Waals surface area contributed by atoms with E-state index in [4.69, 9.17) is 4.52 Å². The summed E-state index contributed by atoms with van der Waals surface area (Å²) in [6, 6.07) is 5.61. The molecule has 0 spiro atoms. The van der Waals surface area contributed by atoms with Crippen molar-refractivity contribution in [1.82, 2.24) is 15.0 Å². The fourth-order valence-corrected chi connectivity index (χ4v) is 2.57. The van der Waals surface area contributed by atoms with Gasteiger partial charge in [0.25, 0.3) is 5.91 Å². The standard InChI is InChI=1S/C13H13BrIN3O2/c1-3-11-16-12(20-17-11)7-18(2)13(19)9-6-8(14)4-5-10(9)15/h4-6H,3,7H2,1-2H3. The Kier molecular flexibility index (Phi) is 5.14. The summed E-state index contributed by atoms with van der Waals surface area (Å²) in [5, 5.41) is 3.82. The van der Waals surface area contributed by atoms with Crippen molar-refractivity contribution < 1.29 is 9.32 Å². The maximum atomic E-state index is 12.4. The maximum Gasteiger partial charge on any atom is 0.255 e. The molecule has 5 nitrogen and oxygen atoms in total. The van der Waals surface area contributed by atoms with Gasteiger partial charge in [0, 0.05) is 21.5 Å². The lowest BCUT2D eigenvalue weighted by Crippen LogP contribution is -2.27. The number of hydrogen-bond donors (Lipinski definition) is 0. The van der Waals surface area contributed by atoms with Crippen LogP contribution in [0.1, 0.15) is 29.0 Å². The topological polar surface area (TPSA) is 59.2 Å². The number of aromatic nitrogens is 2. The number of hydrogen-bond acceptors (Lipinski definition) is 4. The van der Waals surface area contributed by atoms with Crippen molar-refractivity contribution in [3.63, 3.8) is 0 Å².